The van der Waals surface area contributed by atoms with Gasteiger partial charge in [0.15, 0.2) is 5.82 Å². The van der Waals surface area contributed by atoms with E-state index < -0.39 is 0 Å². The molecule has 1 aromatic heterocycles. The van der Waals surface area contributed by atoms with Gasteiger partial charge in [-0.15, -0.1) is 0 Å². The van der Waals surface area contributed by atoms with Crippen molar-refractivity contribution in [3.8, 4) is 34.0 Å². The molecule has 0 saturated heterocycles. The van der Waals surface area contributed by atoms with E-state index in [1.807, 2.05) is 67.8 Å². The van der Waals surface area contributed by atoms with E-state index in [-0.39, 0.29) is 18.0 Å². The van der Waals surface area contributed by atoms with Gasteiger partial charge in [-0.05, 0) is 117 Å². The number of hydrogen-bond acceptors (Lipinski definition) is 7. The molecule has 0 aliphatic rings. The van der Waals surface area contributed by atoms with Gasteiger partial charge in [-0.3, -0.25) is 4.79 Å². The molecule has 7 heteroatoms. The van der Waals surface area contributed by atoms with Crippen LogP contribution in [0.1, 0.15) is 133 Å². The van der Waals surface area contributed by atoms with Crippen LogP contribution in [0.4, 0.5) is 0 Å². The predicted octanol–water partition coefficient (Wildman–Crippen LogP) is 11.8. The second-order valence-electron chi connectivity index (χ2n) is 13.8. The molecular weight excluding hydrogens is 649 g/mol. The second kappa shape index (κ2) is 23.1. The van der Waals surface area contributed by atoms with Gasteiger partial charge in [-0.2, -0.15) is 0 Å². The summed E-state index contributed by atoms with van der Waals surface area (Å²) in [6.07, 6.45) is 20.9. The summed E-state index contributed by atoms with van der Waals surface area (Å²) in [4.78, 5) is 34.1. The Morgan fingerprint density at radius 1 is 0.615 bits per heavy atom. The Labute approximate surface area is 311 Å². The lowest BCUT2D eigenvalue weighted by Gasteiger charge is -2.13. The highest BCUT2D eigenvalue weighted by Gasteiger charge is 2.13. The Morgan fingerprint density at radius 2 is 1.17 bits per heavy atom. The van der Waals surface area contributed by atoms with Crippen LogP contribution < -0.4 is 9.47 Å². The fraction of sp³-hybridized carbons (Fsp3) is 0.467. The molecule has 0 fully saturated rings. The van der Waals surface area contributed by atoms with E-state index >= 15 is 0 Å². The molecule has 0 bridgehead atoms. The minimum Gasteiger partial charge on any atom is -0.494 e. The van der Waals surface area contributed by atoms with Crippen LogP contribution in [0.2, 0.25) is 0 Å². The zero-order chi connectivity index (χ0) is 36.8. The monoisotopic (exact) mass is 706 g/mol. The normalized spacial score (nSPS) is 11.6. The molecule has 0 amide bonds. The number of nitrogens with zero attached hydrogens (tertiary/aromatic N) is 2. The van der Waals surface area contributed by atoms with Crippen LogP contribution >= 0.6 is 0 Å². The standard InChI is InChI=1S/C45H58N2O5/c1-4-6-8-10-11-14-18-36-33-46-44(47-34-36)39-26-28-41(29-27-39)50-32-16-12-15-19-43(48)52-42-30-24-38(25-31-42)37-20-22-40(23-21-37)45(49)51-35(3)17-13-9-7-5-2/h20-31,33-35H,4-19,32H2,1-3H3/t35-/m1/s1. The topological polar surface area (TPSA) is 87.6 Å². The largest absolute Gasteiger partial charge is 0.494 e. The smallest absolute Gasteiger partial charge is 0.338 e. The Morgan fingerprint density at radius 3 is 1.85 bits per heavy atom. The molecule has 0 spiro atoms. The number of carbonyl (C=O) groups is 2. The first-order chi connectivity index (χ1) is 25.4. The van der Waals surface area contributed by atoms with Crippen LogP contribution in [0.15, 0.2) is 85.2 Å². The van der Waals surface area contributed by atoms with E-state index in [0.29, 0.717) is 24.3 Å². The quantitative estimate of drug-likeness (QED) is 0.0407. The molecule has 0 N–H and O–H groups in total. The van der Waals surface area contributed by atoms with Crippen molar-refractivity contribution >= 4 is 11.9 Å². The maximum Gasteiger partial charge on any atom is 0.338 e. The lowest BCUT2D eigenvalue weighted by Crippen LogP contribution is -2.15. The summed E-state index contributed by atoms with van der Waals surface area (Å²) >= 11 is 0. The van der Waals surface area contributed by atoms with Gasteiger partial charge in [-0.1, -0.05) is 89.5 Å². The highest BCUT2D eigenvalue weighted by atomic mass is 16.5. The van der Waals surface area contributed by atoms with Crippen molar-refractivity contribution in [1.29, 1.82) is 0 Å². The summed E-state index contributed by atoms with van der Waals surface area (Å²) in [6.45, 7) is 6.97. The third-order valence-corrected chi connectivity index (χ3v) is 9.24. The minimum absolute atomic E-state index is 0.0901. The summed E-state index contributed by atoms with van der Waals surface area (Å²) in [5.74, 6) is 1.51. The molecule has 0 aliphatic carbocycles. The lowest BCUT2D eigenvalue weighted by molar-refractivity contribution is -0.134. The number of unbranched alkanes of at least 4 members (excludes halogenated alkanes) is 10. The van der Waals surface area contributed by atoms with Crippen molar-refractivity contribution in [2.45, 2.75) is 130 Å². The number of ether oxygens (including phenoxy) is 3. The van der Waals surface area contributed by atoms with Crippen LogP contribution in [-0.4, -0.2) is 34.6 Å². The number of carbonyl (C=O) groups excluding carboxylic acids is 2. The van der Waals surface area contributed by atoms with Gasteiger partial charge in [-0.25, -0.2) is 14.8 Å². The number of hydrogen-bond donors (Lipinski definition) is 0. The number of aryl methyl sites for hydroxylation is 1. The minimum atomic E-state index is -0.291. The fourth-order valence-electron chi connectivity index (χ4n) is 6.05. The van der Waals surface area contributed by atoms with E-state index in [4.69, 9.17) is 14.2 Å². The van der Waals surface area contributed by atoms with Gasteiger partial charge in [0.1, 0.15) is 11.5 Å². The highest BCUT2D eigenvalue weighted by molar-refractivity contribution is 5.90. The first kappa shape index (κ1) is 40.3. The summed E-state index contributed by atoms with van der Waals surface area (Å²) < 4.78 is 17.1. The number of aromatic nitrogens is 2. The average Bonchev–Trinajstić information content (AvgIpc) is 3.17. The van der Waals surface area contributed by atoms with Crippen molar-refractivity contribution in [3.63, 3.8) is 0 Å². The van der Waals surface area contributed by atoms with Crippen molar-refractivity contribution in [2.24, 2.45) is 0 Å². The maximum absolute atomic E-state index is 12.5. The van der Waals surface area contributed by atoms with Crippen LogP contribution in [0, 0.1) is 0 Å². The molecule has 4 rings (SSSR count). The third kappa shape index (κ3) is 14.6. The van der Waals surface area contributed by atoms with Crippen LogP contribution in [0.25, 0.3) is 22.5 Å². The summed E-state index contributed by atoms with van der Waals surface area (Å²) in [7, 11) is 0. The number of esters is 2. The van der Waals surface area contributed by atoms with Crippen LogP contribution in [-0.2, 0) is 16.0 Å². The fourth-order valence-corrected chi connectivity index (χ4v) is 6.05. The predicted molar refractivity (Wildman–Crippen MR) is 210 cm³/mol. The summed E-state index contributed by atoms with van der Waals surface area (Å²) in [6, 6.07) is 22.7. The molecule has 0 saturated carbocycles. The first-order valence-corrected chi connectivity index (χ1v) is 19.6. The molecule has 0 radical (unpaired) electrons. The van der Waals surface area contributed by atoms with Gasteiger partial charge in [0.25, 0.3) is 0 Å². The lowest BCUT2D eigenvalue weighted by atomic mass is 10.0. The van der Waals surface area contributed by atoms with Gasteiger partial charge >= 0.3 is 11.9 Å². The van der Waals surface area contributed by atoms with E-state index in [0.717, 1.165) is 66.8 Å². The van der Waals surface area contributed by atoms with Crippen molar-refractivity contribution < 1.29 is 23.8 Å². The molecule has 7 nitrogen and oxygen atoms in total. The Bertz CT molecular complexity index is 1590. The van der Waals surface area contributed by atoms with Gasteiger partial charge in [0.05, 0.1) is 18.3 Å². The molecule has 1 atom stereocenters. The van der Waals surface area contributed by atoms with Crippen molar-refractivity contribution in [2.75, 3.05) is 6.61 Å². The average molecular weight is 707 g/mol. The summed E-state index contributed by atoms with van der Waals surface area (Å²) in [5.41, 5.74) is 4.65. The first-order valence-electron chi connectivity index (χ1n) is 19.6. The Hall–Kier alpha value is -4.52. The van der Waals surface area contributed by atoms with Crippen molar-refractivity contribution in [1.82, 2.24) is 9.97 Å². The molecule has 4 aromatic rings. The molecule has 52 heavy (non-hydrogen) atoms. The Kier molecular flexibility index (Phi) is 17.9. The SMILES string of the molecule is CCCCCCCCc1cnc(-c2ccc(OCCCCCC(=O)Oc3ccc(-c4ccc(C(=O)O[C@H](C)CCCCCC)cc4)cc3)cc2)nc1. The van der Waals surface area contributed by atoms with Gasteiger partial charge in [0, 0.05) is 24.4 Å². The zero-order valence-electron chi connectivity index (χ0n) is 31.6. The van der Waals surface area contributed by atoms with E-state index in [1.165, 1.54) is 63.4 Å². The molecule has 0 unspecified atom stereocenters. The van der Waals surface area contributed by atoms with Crippen LogP contribution in [0.3, 0.4) is 0 Å². The zero-order valence-corrected chi connectivity index (χ0v) is 31.6. The van der Waals surface area contributed by atoms with E-state index in [9.17, 15) is 9.59 Å². The maximum atomic E-state index is 12.5. The van der Waals surface area contributed by atoms with E-state index in [2.05, 4.69) is 23.8 Å². The van der Waals surface area contributed by atoms with Gasteiger partial charge in [0.2, 0.25) is 0 Å². The molecule has 0 aliphatic heterocycles. The summed E-state index contributed by atoms with van der Waals surface area (Å²) in [5, 5.41) is 0. The number of benzene rings is 3. The third-order valence-electron chi connectivity index (χ3n) is 9.24. The molecule has 3 aromatic carbocycles. The van der Waals surface area contributed by atoms with Crippen molar-refractivity contribution in [3.05, 3.63) is 96.3 Å². The molecular formula is C45H58N2O5. The second-order valence-corrected chi connectivity index (χ2v) is 13.8. The highest BCUT2D eigenvalue weighted by Crippen LogP contribution is 2.24. The molecule has 278 valence electrons. The molecule has 1 heterocycles. The Balaban J connectivity index is 1.08. The number of rotatable bonds is 24. The van der Waals surface area contributed by atoms with E-state index in [1.54, 1.807) is 24.3 Å². The van der Waals surface area contributed by atoms with Gasteiger partial charge < -0.3 is 14.2 Å². The van der Waals surface area contributed by atoms with Crippen LogP contribution in [0.5, 0.6) is 11.5 Å².